The summed E-state index contributed by atoms with van der Waals surface area (Å²) >= 11 is 0. The fourth-order valence-electron chi connectivity index (χ4n) is 3.38. The zero-order valence-electron chi connectivity index (χ0n) is 15.6. The third kappa shape index (κ3) is 4.90. The van der Waals surface area contributed by atoms with Crippen LogP contribution in [0, 0.1) is 6.92 Å². The molecule has 0 amide bonds. The largest absolute Gasteiger partial charge is 0.495 e. The lowest BCUT2D eigenvalue weighted by molar-refractivity contribution is -0.903. The molecule has 0 aromatic heterocycles. The molecule has 0 aliphatic carbocycles. The first kappa shape index (κ1) is 18.5. The van der Waals surface area contributed by atoms with Gasteiger partial charge >= 0.3 is 0 Å². The van der Waals surface area contributed by atoms with Gasteiger partial charge in [-0.25, -0.2) is 0 Å². The number of aliphatic hydroxyl groups excluding tert-OH is 1. The molecule has 0 radical (unpaired) electrons. The molecule has 5 nitrogen and oxygen atoms in total. The fraction of sp³-hybridized carbons (Fsp3) is 0.429. The van der Waals surface area contributed by atoms with Gasteiger partial charge in [-0.15, -0.1) is 0 Å². The number of nitrogens with one attached hydrogen (secondary N) is 1. The summed E-state index contributed by atoms with van der Waals surface area (Å²) in [6.07, 6.45) is -0.455. The molecule has 1 saturated heterocycles. The summed E-state index contributed by atoms with van der Waals surface area (Å²) < 4.78 is 11.2. The molecule has 5 heteroatoms. The molecule has 1 fully saturated rings. The van der Waals surface area contributed by atoms with Crippen LogP contribution >= 0.6 is 0 Å². The molecule has 2 aromatic rings. The Bertz CT molecular complexity index is 682. The van der Waals surface area contributed by atoms with Crippen LogP contribution in [0.2, 0.25) is 0 Å². The minimum absolute atomic E-state index is 0.336. The summed E-state index contributed by atoms with van der Waals surface area (Å²) in [6, 6.07) is 16.1. The second kappa shape index (κ2) is 8.92. The van der Waals surface area contributed by atoms with Gasteiger partial charge in [-0.1, -0.05) is 29.8 Å². The van der Waals surface area contributed by atoms with E-state index in [0.717, 1.165) is 43.4 Å². The summed E-state index contributed by atoms with van der Waals surface area (Å²) in [5.41, 5.74) is 2.35. The molecule has 1 heterocycles. The van der Waals surface area contributed by atoms with Gasteiger partial charge in [0.25, 0.3) is 0 Å². The van der Waals surface area contributed by atoms with Crippen molar-refractivity contribution in [3.8, 4) is 11.5 Å². The Labute approximate surface area is 155 Å². The van der Waals surface area contributed by atoms with Gasteiger partial charge < -0.3 is 24.4 Å². The number of rotatable bonds is 7. The van der Waals surface area contributed by atoms with Gasteiger partial charge in [0.05, 0.1) is 39.0 Å². The van der Waals surface area contributed by atoms with Crippen molar-refractivity contribution in [1.29, 1.82) is 0 Å². The van der Waals surface area contributed by atoms with Crippen LogP contribution in [0.5, 0.6) is 11.5 Å². The molecule has 1 atom stereocenters. The van der Waals surface area contributed by atoms with Crippen LogP contribution in [0.4, 0.5) is 5.69 Å². The van der Waals surface area contributed by atoms with Crippen LogP contribution < -0.4 is 19.3 Å². The number of benzene rings is 2. The smallest absolute Gasteiger partial charge is 0.142 e. The zero-order valence-corrected chi connectivity index (χ0v) is 15.6. The molecule has 140 valence electrons. The van der Waals surface area contributed by atoms with Crippen molar-refractivity contribution in [3.05, 3.63) is 54.1 Å². The second-order valence-electron chi connectivity index (χ2n) is 6.89. The van der Waals surface area contributed by atoms with E-state index in [9.17, 15) is 5.11 Å². The molecule has 26 heavy (non-hydrogen) atoms. The van der Waals surface area contributed by atoms with E-state index in [1.807, 2.05) is 49.4 Å². The van der Waals surface area contributed by atoms with Gasteiger partial charge in [-0.05, 0) is 31.2 Å². The maximum absolute atomic E-state index is 10.3. The first-order valence-corrected chi connectivity index (χ1v) is 9.25. The van der Waals surface area contributed by atoms with Gasteiger partial charge in [0.1, 0.15) is 30.8 Å². The Balaban J connectivity index is 1.44. The average molecular weight is 357 g/mol. The molecule has 1 aliphatic heterocycles. The van der Waals surface area contributed by atoms with Crippen molar-refractivity contribution in [2.75, 3.05) is 51.3 Å². The number of para-hydroxylation sites is 2. The molecule has 3 rings (SSSR count). The lowest BCUT2D eigenvalue weighted by Gasteiger charge is -2.35. The minimum Gasteiger partial charge on any atom is -0.495 e. The quantitative estimate of drug-likeness (QED) is 0.780. The van der Waals surface area contributed by atoms with Crippen LogP contribution in [-0.2, 0) is 0 Å². The predicted molar refractivity (Wildman–Crippen MR) is 103 cm³/mol. The summed E-state index contributed by atoms with van der Waals surface area (Å²) in [6.45, 7) is 7.02. The number of piperazine rings is 1. The molecule has 0 saturated carbocycles. The van der Waals surface area contributed by atoms with Gasteiger partial charge in [-0.2, -0.15) is 0 Å². The second-order valence-corrected chi connectivity index (χ2v) is 6.89. The molecule has 0 spiro atoms. The Morgan fingerprint density at radius 1 is 1.08 bits per heavy atom. The van der Waals surface area contributed by atoms with E-state index in [2.05, 4.69) is 11.0 Å². The van der Waals surface area contributed by atoms with Crippen molar-refractivity contribution in [1.82, 2.24) is 0 Å². The molecule has 2 N–H and O–H groups in total. The highest BCUT2D eigenvalue weighted by Gasteiger charge is 2.24. The maximum Gasteiger partial charge on any atom is 0.142 e. The van der Waals surface area contributed by atoms with E-state index in [4.69, 9.17) is 9.47 Å². The molecule has 0 unspecified atom stereocenters. The van der Waals surface area contributed by atoms with E-state index in [-0.39, 0.29) is 0 Å². The highest BCUT2D eigenvalue weighted by Crippen LogP contribution is 2.27. The van der Waals surface area contributed by atoms with Crippen LogP contribution in [-0.4, -0.2) is 57.7 Å². The molecular formula is C21H29N2O3+. The van der Waals surface area contributed by atoms with E-state index in [0.29, 0.717) is 13.2 Å². The van der Waals surface area contributed by atoms with Gasteiger partial charge in [0, 0.05) is 0 Å². The molecule has 1 aliphatic rings. The molecular weight excluding hydrogens is 328 g/mol. The Morgan fingerprint density at radius 2 is 1.77 bits per heavy atom. The highest BCUT2D eigenvalue weighted by molar-refractivity contribution is 5.58. The van der Waals surface area contributed by atoms with E-state index >= 15 is 0 Å². The Hall–Kier alpha value is -2.24. The standard InChI is InChI=1S/C21H28N2O3/c1-17-7-9-19(10-8-17)26-16-18(24)15-22-11-13-23(14-12-22)20-5-3-4-6-21(20)25-2/h3-10,18,24H,11-16H2,1-2H3/p+1/t18-/m0/s1. The summed E-state index contributed by atoms with van der Waals surface area (Å²) in [4.78, 5) is 3.77. The lowest BCUT2D eigenvalue weighted by Crippen LogP contribution is -3.16. The third-order valence-corrected chi connectivity index (χ3v) is 4.88. The Morgan fingerprint density at radius 3 is 2.46 bits per heavy atom. The highest BCUT2D eigenvalue weighted by atomic mass is 16.5. The van der Waals surface area contributed by atoms with Crippen molar-refractivity contribution in [3.63, 3.8) is 0 Å². The van der Waals surface area contributed by atoms with Gasteiger partial charge in [0.2, 0.25) is 0 Å². The van der Waals surface area contributed by atoms with E-state index in [1.165, 1.54) is 10.5 Å². The summed E-state index contributed by atoms with van der Waals surface area (Å²) in [7, 11) is 1.71. The monoisotopic (exact) mass is 357 g/mol. The van der Waals surface area contributed by atoms with Crippen LogP contribution in [0.15, 0.2) is 48.5 Å². The van der Waals surface area contributed by atoms with Crippen molar-refractivity contribution in [2.45, 2.75) is 13.0 Å². The lowest BCUT2D eigenvalue weighted by atomic mass is 10.2. The number of aryl methyl sites for hydroxylation is 1. The number of nitrogens with zero attached hydrogens (tertiary/aromatic N) is 1. The molecule has 2 aromatic carbocycles. The normalized spacial score (nSPS) is 16.3. The predicted octanol–water partition coefficient (Wildman–Crippen LogP) is 1.15. The average Bonchev–Trinajstić information content (AvgIpc) is 2.68. The van der Waals surface area contributed by atoms with Crippen LogP contribution in [0.25, 0.3) is 0 Å². The molecule has 0 bridgehead atoms. The Kier molecular flexibility index (Phi) is 6.36. The number of hydrogen-bond donors (Lipinski definition) is 2. The van der Waals surface area contributed by atoms with Crippen molar-refractivity contribution < 1.29 is 19.5 Å². The van der Waals surface area contributed by atoms with Gasteiger partial charge in [0.15, 0.2) is 0 Å². The van der Waals surface area contributed by atoms with E-state index in [1.54, 1.807) is 7.11 Å². The topological polar surface area (TPSA) is 46.4 Å². The van der Waals surface area contributed by atoms with Crippen LogP contribution in [0.1, 0.15) is 5.56 Å². The third-order valence-electron chi connectivity index (χ3n) is 4.88. The number of hydrogen-bond acceptors (Lipinski definition) is 4. The minimum atomic E-state index is -0.455. The van der Waals surface area contributed by atoms with E-state index < -0.39 is 6.10 Å². The first-order chi connectivity index (χ1) is 12.7. The number of methoxy groups -OCH3 is 1. The fourth-order valence-corrected chi connectivity index (χ4v) is 3.38. The summed E-state index contributed by atoms with van der Waals surface area (Å²) in [5.74, 6) is 1.73. The summed E-state index contributed by atoms with van der Waals surface area (Å²) in [5, 5.41) is 10.3. The van der Waals surface area contributed by atoms with Gasteiger partial charge in [-0.3, -0.25) is 0 Å². The maximum atomic E-state index is 10.3. The number of anilines is 1. The van der Waals surface area contributed by atoms with Crippen molar-refractivity contribution in [2.24, 2.45) is 0 Å². The SMILES string of the molecule is COc1ccccc1N1CC[NH+](C[C@H](O)COc2ccc(C)cc2)CC1. The van der Waals surface area contributed by atoms with Crippen molar-refractivity contribution >= 4 is 5.69 Å². The zero-order chi connectivity index (χ0) is 18.4. The number of quaternary nitrogens is 1. The number of ether oxygens (including phenoxy) is 2. The first-order valence-electron chi connectivity index (χ1n) is 9.25. The van der Waals surface area contributed by atoms with Crippen LogP contribution in [0.3, 0.4) is 0 Å². The number of aliphatic hydroxyl groups is 1.